The molecule has 4 rings (SSSR count). The Hall–Kier alpha value is -2.03. The van der Waals surface area contributed by atoms with Crippen LogP contribution in [-0.4, -0.2) is 76.6 Å². The zero-order chi connectivity index (χ0) is 18.1. The van der Waals surface area contributed by atoms with Crippen LogP contribution >= 0.6 is 0 Å². The summed E-state index contributed by atoms with van der Waals surface area (Å²) in [6.07, 6.45) is 1.35. The summed E-state index contributed by atoms with van der Waals surface area (Å²) in [5.74, 6) is 0.0329. The van der Waals surface area contributed by atoms with Gasteiger partial charge in [-0.1, -0.05) is 12.1 Å². The van der Waals surface area contributed by atoms with Crippen molar-refractivity contribution in [1.29, 1.82) is 0 Å². The number of ether oxygens (including phenoxy) is 1. The number of aromatic nitrogens is 2. The van der Waals surface area contributed by atoms with Crippen LogP contribution in [0.15, 0.2) is 22.8 Å². The molecule has 1 amide bonds. The molecule has 2 aliphatic rings. The van der Waals surface area contributed by atoms with Gasteiger partial charge < -0.3 is 14.7 Å². The molecule has 8 heteroatoms. The molecule has 140 valence electrons. The molecule has 2 fully saturated rings. The van der Waals surface area contributed by atoms with E-state index in [1.54, 1.807) is 0 Å². The lowest BCUT2D eigenvalue weighted by molar-refractivity contribution is -0.150. The molecule has 3 heterocycles. The van der Waals surface area contributed by atoms with E-state index < -0.39 is 5.60 Å². The molecule has 1 N–H and O–H groups in total. The third-order valence-electron chi connectivity index (χ3n) is 5.74. The summed E-state index contributed by atoms with van der Waals surface area (Å²) < 4.78 is 9.81. The lowest BCUT2D eigenvalue weighted by Gasteiger charge is -2.50. The van der Waals surface area contributed by atoms with Crippen LogP contribution in [0.4, 0.5) is 0 Å². The van der Waals surface area contributed by atoms with Gasteiger partial charge in [-0.3, -0.25) is 9.69 Å². The summed E-state index contributed by atoms with van der Waals surface area (Å²) in [6, 6.07) is 5.86. The predicted octanol–water partition coefficient (Wildman–Crippen LogP) is 0.654. The Labute approximate surface area is 151 Å². The van der Waals surface area contributed by atoms with Gasteiger partial charge in [-0.2, -0.15) is 0 Å². The van der Waals surface area contributed by atoms with E-state index >= 15 is 0 Å². The molecule has 1 aromatic heterocycles. The first-order chi connectivity index (χ1) is 12.6. The Kier molecular flexibility index (Phi) is 4.64. The van der Waals surface area contributed by atoms with Crippen molar-refractivity contribution in [2.24, 2.45) is 5.92 Å². The molecule has 0 unspecified atom stereocenters. The van der Waals surface area contributed by atoms with Crippen molar-refractivity contribution in [1.82, 2.24) is 20.1 Å². The molecule has 0 radical (unpaired) electrons. The SMILES string of the molecule is COCC(=O)N1CC[C@]2(O)CCN(Cc3cccc4nonc34)C[C@@H]2C1. The number of carbonyl (C=O) groups excluding carboxylic acids is 1. The molecule has 26 heavy (non-hydrogen) atoms. The molecular formula is C18H24N4O4. The maximum Gasteiger partial charge on any atom is 0.248 e. The van der Waals surface area contributed by atoms with Gasteiger partial charge in [0.25, 0.3) is 0 Å². The van der Waals surface area contributed by atoms with Crippen LogP contribution in [0.1, 0.15) is 18.4 Å². The fourth-order valence-corrected chi connectivity index (χ4v) is 4.19. The quantitative estimate of drug-likeness (QED) is 0.856. The van der Waals surface area contributed by atoms with Gasteiger partial charge in [-0.15, -0.1) is 0 Å². The number of benzene rings is 1. The van der Waals surface area contributed by atoms with Gasteiger partial charge in [0, 0.05) is 45.8 Å². The summed E-state index contributed by atoms with van der Waals surface area (Å²) >= 11 is 0. The number of piperidine rings is 2. The van der Waals surface area contributed by atoms with Crippen molar-refractivity contribution in [2.75, 3.05) is 39.9 Å². The van der Waals surface area contributed by atoms with E-state index in [2.05, 4.69) is 15.2 Å². The second-order valence-electron chi connectivity index (χ2n) is 7.36. The smallest absolute Gasteiger partial charge is 0.248 e. The van der Waals surface area contributed by atoms with Crippen LogP contribution in [0.5, 0.6) is 0 Å². The van der Waals surface area contributed by atoms with Crippen LogP contribution in [0, 0.1) is 5.92 Å². The summed E-state index contributed by atoms with van der Waals surface area (Å²) in [5, 5.41) is 18.9. The monoisotopic (exact) mass is 360 g/mol. The van der Waals surface area contributed by atoms with Crippen molar-refractivity contribution in [3.8, 4) is 0 Å². The van der Waals surface area contributed by atoms with Crippen molar-refractivity contribution < 1.29 is 19.3 Å². The molecular weight excluding hydrogens is 336 g/mol. The minimum atomic E-state index is -0.679. The van der Waals surface area contributed by atoms with Crippen LogP contribution in [0.25, 0.3) is 11.0 Å². The summed E-state index contributed by atoms with van der Waals surface area (Å²) in [4.78, 5) is 16.3. The first-order valence-electron chi connectivity index (χ1n) is 9.01. The van der Waals surface area contributed by atoms with E-state index in [9.17, 15) is 9.90 Å². The molecule has 0 aliphatic carbocycles. The third-order valence-corrected chi connectivity index (χ3v) is 5.74. The summed E-state index contributed by atoms with van der Waals surface area (Å²) in [7, 11) is 1.53. The number of carbonyl (C=O) groups is 1. The minimum Gasteiger partial charge on any atom is -0.389 e. The largest absolute Gasteiger partial charge is 0.389 e. The van der Waals surface area contributed by atoms with E-state index in [0.29, 0.717) is 19.5 Å². The second-order valence-corrected chi connectivity index (χ2v) is 7.36. The molecule has 2 aromatic rings. The normalized spacial score (nSPS) is 26.8. The molecule has 8 nitrogen and oxygen atoms in total. The Morgan fingerprint density at radius 2 is 2.19 bits per heavy atom. The van der Waals surface area contributed by atoms with Gasteiger partial charge in [0.15, 0.2) is 0 Å². The van der Waals surface area contributed by atoms with Crippen molar-refractivity contribution in [3.05, 3.63) is 23.8 Å². The Bertz CT molecular complexity index is 794. The average Bonchev–Trinajstić information content (AvgIpc) is 3.11. The Morgan fingerprint density at radius 3 is 3.04 bits per heavy atom. The molecule has 2 aliphatic heterocycles. The maximum absolute atomic E-state index is 12.1. The minimum absolute atomic E-state index is 0.00915. The zero-order valence-corrected chi connectivity index (χ0v) is 14.9. The zero-order valence-electron chi connectivity index (χ0n) is 14.9. The number of fused-ring (bicyclic) bond motifs is 2. The number of methoxy groups -OCH3 is 1. The number of hydrogen-bond acceptors (Lipinski definition) is 7. The van der Waals surface area contributed by atoms with Crippen LogP contribution in [0.2, 0.25) is 0 Å². The van der Waals surface area contributed by atoms with Crippen LogP contribution < -0.4 is 0 Å². The fraction of sp³-hybridized carbons (Fsp3) is 0.611. The molecule has 0 bridgehead atoms. The first-order valence-corrected chi connectivity index (χ1v) is 9.01. The molecule has 0 saturated carbocycles. The summed E-state index contributed by atoms with van der Waals surface area (Å²) in [5.41, 5.74) is 1.93. The van der Waals surface area contributed by atoms with Gasteiger partial charge in [0.1, 0.15) is 17.6 Å². The molecule has 1 aromatic carbocycles. The fourth-order valence-electron chi connectivity index (χ4n) is 4.19. The van der Waals surface area contributed by atoms with Gasteiger partial charge in [-0.05, 0) is 34.8 Å². The highest BCUT2D eigenvalue weighted by molar-refractivity contribution is 5.77. The first kappa shape index (κ1) is 17.4. The van der Waals surface area contributed by atoms with E-state index in [1.807, 2.05) is 23.1 Å². The third kappa shape index (κ3) is 3.20. The molecule has 2 atom stereocenters. The van der Waals surface area contributed by atoms with E-state index in [1.165, 1.54) is 7.11 Å². The number of amides is 1. The molecule has 0 spiro atoms. The van der Waals surface area contributed by atoms with Gasteiger partial charge >= 0.3 is 0 Å². The van der Waals surface area contributed by atoms with Gasteiger partial charge in [-0.25, -0.2) is 4.63 Å². The van der Waals surface area contributed by atoms with Crippen LogP contribution in [-0.2, 0) is 16.1 Å². The number of aliphatic hydroxyl groups is 1. The topological polar surface area (TPSA) is 91.9 Å². The lowest BCUT2D eigenvalue weighted by atomic mass is 9.75. The highest BCUT2D eigenvalue weighted by Gasteiger charge is 2.45. The summed E-state index contributed by atoms with van der Waals surface area (Å²) in [6.45, 7) is 3.56. The van der Waals surface area contributed by atoms with E-state index in [4.69, 9.17) is 9.37 Å². The number of rotatable bonds is 4. The van der Waals surface area contributed by atoms with Crippen molar-refractivity contribution >= 4 is 16.9 Å². The van der Waals surface area contributed by atoms with Gasteiger partial charge in [0.05, 0.1) is 5.60 Å². The van der Waals surface area contributed by atoms with Crippen molar-refractivity contribution in [3.63, 3.8) is 0 Å². The van der Waals surface area contributed by atoms with Gasteiger partial charge in [0.2, 0.25) is 5.91 Å². The lowest BCUT2D eigenvalue weighted by Crippen LogP contribution is -2.60. The number of hydrogen-bond donors (Lipinski definition) is 1. The Balaban J connectivity index is 1.46. The standard InChI is InChI=1S/C18H24N4O4/c1-25-12-16(23)22-8-6-18(24)5-7-21(10-14(18)11-22)9-13-3-2-4-15-17(13)20-26-19-15/h2-4,14,24H,5-12H2,1H3/t14-,18-/m1/s1. The van der Waals surface area contributed by atoms with Crippen LogP contribution in [0.3, 0.4) is 0 Å². The molecule has 2 saturated heterocycles. The highest BCUT2D eigenvalue weighted by atomic mass is 16.6. The predicted molar refractivity (Wildman–Crippen MR) is 93.2 cm³/mol. The van der Waals surface area contributed by atoms with Crippen molar-refractivity contribution in [2.45, 2.75) is 25.0 Å². The van der Waals surface area contributed by atoms with E-state index in [-0.39, 0.29) is 18.4 Å². The number of nitrogens with zero attached hydrogens (tertiary/aromatic N) is 4. The highest BCUT2D eigenvalue weighted by Crippen LogP contribution is 2.36. The maximum atomic E-state index is 12.1. The second kappa shape index (κ2) is 6.94. The van der Waals surface area contributed by atoms with E-state index in [0.717, 1.165) is 42.7 Å². The Morgan fingerprint density at radius 1 is 1.35 bits per heavy atom. The number of likely N-dealkylation sites (tertiary alicyclic amines) is 2. The average molecular weight is 360 g/mol.